The fourth-order valence-corrected chi connectivity index (χ4v) is 3.07. The molecule has 1 aliphatic heterocycles. The second kappa shape index (κ2) is 5.70. The second-order valence-corrected chi connectivity index (χ2v) is 6.06. The maximum absolute atomic E-state index is 6.09. The lowest BCUT2D eigenvalue weighted by atomic mass is 10.0. The van der Waals surface area contributed by atoms with Crippen LogP contribution in [0.3, 0.4) is 0 Å². The number of aromatic nitrogens is 4. The van der Waals surface area contributed by atoms with E-state index in [0.29, 0.717) is 17.4 Å². The van der Waals surface area contributed by atoms with Crippen LogP contribution in [-0.4, -0.2) is 26.2 Å². The van der Waals surface area contributed by atoms with E-state index in [4.69, 9.17) is 16.3 Å². The predicted octanol–water partition coefficient (Wildman–Crippen LogP) is 3.41. The number of benzene rings is 1. The first-order valence-electron chi connectivity index (χ1n) is 7.57. The van der Waals surface area contributed by atoms with Crippen LogP contribution in [0.1, 0.15) is 30.1 Å². The molecule has 1 atom stereocenters. The van der Waals surface area contributed by atoms with Crippen LogP contribution >= 0.6 is 11.6 Å². The van der Waals surface area contributed by atoms with Crippen molar-refractivity contribution < 1.29 is 4.74 Å². The summed E-state index contributed by atoms with van der Waals surface area (Å²) < 4.78 is 7.54. The molecular formula is C16H16ClN5O. The largest absolute Gasteiger partial charge is 0.493 e. The quantitative estimate of drug-likeness (QED) is 0.780. The summed E-state index contributed by atoms with van der Waals surface area (Å²) in [4.78, 5) is 8.54. The molecule has 6 nitrogen and oxygen atoms in total. The molecule has 3 heterocycles. The molecule has 1 N–H and O–H groups in total. The van der Waals surface area contributed by atoms with Crippen LogP contribution in [0.15, 0.2) is 30.6 Å². The fourth-order valence-electron chi connectivity index (χ4n) is 2.91. The van der Waals surface area contributed by atoms with Crippen molar-refractivity contribution in [2.45, 2.75) is 25.8 Å². The average Bonchev–Trinajstić information content (AvgIpc) is 2.90. The molecule has 1 aromatic carbocycles. The number of rotatable bonds is 2. The lowest BCUT2D eigenvalue weighted by Crippen LogP contribution is -2.14. The topological polar surface area (TPSA) is 64.3 Å². The van der Waals surface area contributed by atoms with Crippen molar-refractivity contribution in [3.8, 4) is 5.75 Å². The van der Waals surface area contributed by atoms with Crippen LogP contribution in [0.4, 0.5) is 5.82 Å². The van der Waals surface area contributed by atoms with Crippen molar-refractivity contribution in [2.75, 3.05) is 11.9 Å². The van der Waals surface area contributed by atoms with E-state index >= 15 is 0 Å². The predicted molar refractivity (Wildman–Crippen MR) is 88.1 cm³/mol. The molecule has 0 spiro atoms. The Morgan fingerprint density at radius 3 is 3.17 bits per heavy atom. The zero-order valence-corrected chi connectivity index (χ0v) is 13.4. The first-order valence-corrected chi connectivity index (χ1v) is 7.95. The standard InChI is InChI=1S/C16H16ClN5O/c1-10-7-15(22-16(20-10)18-9-19-22)21-13-3-2-6-23-14-8-11(17)4-5-12(13)14/h4-5,7-9,13,21H,2-3,6H2,1H3. The Labute approximate surface area is 138 Å². The minimum Gasteiger partial charge on any atom is -0.493 e. The molecule has 0 fully saturated rings. The monoisotopic (exact) mass is 329 g/mol. The highest BCUT2D eigenvalue weighted by Crippen LogP contribution is 2.35. The minimum absolute atomic E-state index is 0.124. The third kappa shape index (κ3) is 2.70. The highest BCUT2D eigenvalue weighted by atomic mass is 35.5. The summed E-state index contributed by atoms with van der Waals surface area (Å²) in [6.07, 6.45) is 3.44. The van der Waals surface area contributed by atoms with Gasteiger partial charge in [-0.2, -0.15) is 14.6 Å². The molecule has 0 saturated heterocycles. The van der Waals surface area contributed by atoms with Gasteiger partial charge in [0.25, 0.3) is 5.78 Å². The Hall–Kier alpha value is -2.34. The molecule has 0 radical (unpaired) electrons. The normalized spacial score (nSPS) is 17.4. The number of nitrogens with one attached hydrogen (secondary N) is 1. The number of halogens is 1. The lowest BCUT2D eigenvalue weighted by Gasteiger charge is -2.20. The van der Waals surface area contributed by atoms with Crippen molar-refractivity contribution in [3.63, 3.8) is 0 Å². The third-order valence-electron chi connectivity index (χ3n) is 3.95. The van der Waals surface area contributed by atoms with Gasteiger partial charge in [-0.1, -0.05) is 17.7 Å². The van der Waals surface area contributed by atoms with E-state index in [-0.39, 0.29) is 6.04 Å². The van der Waals surface area contributed by atoms with E-state index in [1.807, 2.05) is 31.2 Å². The van der Waals surface area contributed by atoms with E-state index in [1.54, 1.807) is 4.52 Å². The fraction of sp³-hybridized carbons (Fsp3) is 0.312. The Balaban J connectivity index is 1.74. The van der Waals surface area contributed by atoms with E-state index in [0.717, 1.165) is 35.7 Å². The van der Waals surface area contributed by atoms with Crippen LogP contribution in [0.2, 0.25) is 5.02 Å². The molecule has 0 aliphatic carbocycles. The molecule has 2 aromatic heterocycles. The van der Waals surface area contributed by atoms with Crippen LogP contribution in [0, 0.1) is 6.92 Å². The minimum atomic E-state index is 0.124. The van der Waals surface area contributed by atoms with Gasteiger partial charge < -0.3 is 10.1 Å². The van der Waals surface area contributed by atoms with Gasteiger partial charge in [0.1, 0.15) is 17.9 Å². The van der Waals surface area contributed by atoms with Crippen LogP contribution < -0.4 is 10.1 Å². The first-order chi connectivity index (χ1) is 11.2. The van der Waals surface area contributed by atoms with Crippen LogP contribution in [0.5, 0.6) is 5.75 Å². The number of hydrogen-bond acceptors (Lipinski definition) is 5. The van der Waals surface area contributed by atoms with Gasteiger partial charge in [-0.05, 0) is 31.9 Å². The number of nitrogens with zero attached hydrogens (tertiary/aromatic N) is 4. The number of anilines is 1. The van der Waals surface area contributed by atoms with Gasteiger partial charge in [0.15, 0.2) is 0 Å². The summed E-state index contributed by atoms with van der Waals surface area (Å²) in [5.41, 5.74) is 2.00. The molecule has 3 aromatic rings. The summed E-state index contributed by atoms with van der Waals surface area (Å²) in [7, 11) is 0. The van der Waals surface area contributed by atoms with Crippen molar-refractivity contribution in [1.82, 2.24) is 19.6 Å². The Bertz CT molecular complexity index is 863. The Morgan fingerprint density at radius 1 is 1.35 bits per heavy atom. The SMILES string of the molecule is Cc1cc(NC2CCCOc3cc(Cl)ccc32)n2ncnc2n1. The molecule has 23 heavy (non-hydrogen) atoms. The summed E-state index contributed by atoms with van der Waals surface area (Å²) in [6, 6.07) is 7.89. The summed E-state index contributed by atoms with van der Waals surface area (Å²) in [5, 5.41) is 8.49. The van der Waals surface area contributed by atoms with E-state index < -0.39 is 0 Å². The first kappa shape index (κ1) is 14.3. The molecule has 0 saturated carbocycles. The maximum atomic E-state index is 6.09. The lowest BCUT2D eigenvalue weighted by molar-refractivity contribution is 0.316. The van der Waals surface area contributed by atoms with Gasteiger partial charge in [-0.3, -0.25) is 0 Å². The van der Waals surface area contributed by atoms with E-state index in [1.165, 1.54) is 6.33 Å². The van der Waals surface area contributed by atoms with Gasteiger partial charge in [-0.15, -0.1) is 0 Å². The van der Waals surface area contributed by atoms with Crippen molar-refractivity contribution >= 4 is 23.2 Å². The zero-order valence-electron chi connectivity index (χ0n) is 12.7. The summed E-state index contributed by atoms with van der Waals surface area (Å²) in [5.74, 6) is 2.31. The Kier molecular flexibility index (Phi) is 3.53. The van der Waals surface area contributed by atoms with Gasteiger partial charge in [0.05, 0.1) is 12.6 Å². The van der Waals surface area contributed by atoms with Crippen LogP contribution in [0.25, 0.3) is 5.78 Å². The molecule has 4 rings (SSSR count). The van der Waals surface area contributed by atoms with Gasteiger partial charge in [-0.25, -0.2) is 4.98 Å². The number of ether oxygens (including phenoxy) is 1. The molecule has 7 heteroatoms. The second-order valence-electron chi connectivity index (χ2n) is 5.62. The van der Waals surface area contributed by atoms with Crippen LogP contribution in [-0.2, 0) is 0 Å². The number of fused-ring (bicyclic) bond motifs is 2. The van der Waals surface area contributed by atoms with Gasteiger partial charge in [0.2, 0.25) is 0 Å². The van der Waals surface area contributed by atoms with E-state index in [2.05, 4.69) is 20.4 Å². The summed E-state index contributed by atoms with van der Waals surface area (Å²) in [6.45, 7) is 2.64. The molecule has 1 aliphatic rings. The van der Waals surface area contributed by atoms with Crippen molar-refractivity contribution in [2.24, 2.45) is 0 Å². The number of aryl methyl sites for hydroxylation is 1. The zero-order chi connectivity index (χ0) is 15.8. The Morgan fingerprint density at radius 2 is 2.26 bits per heavy atom. The van der Waals surface area contributed by atoms with Crippen molar-refractivity contribution in [3.05, 3.63) is 46.9 Å². The average molecular weight is 330 g/mol. The van der Waals surface area contributed by atoms with Crippen molar-refractivity contribution in [1.29, 1.82) is 0 Å². The third-order valence-corrected chi connectivity index (χ3v) is 4.18. The molecule has 1 unspecified atom stereocenters. The highest BCUT2D eigenvalue weighted by Gasteiger charge is 2.21. The smallest absolute Gasteiger partial charge is 0.254 e. The molecule has 0 bridgehead atoms. The summed E-state index contributed by atoms with van der Waals surface area (Å²) >= 11 is 6.09. The maximum Gasteiger partial charge on any atom is 0.254 e. The van der Waals surface area contributed by atoms with Gasteiger partial charge >= 0.3 is 0 Å². The molecular weight excluding hydrogens is 314 g/mol. The highest BCUT2D eigenvalue weighted by molar-refractivity contribution is 6.30. The molecule has 0 amide bonds. The number of hydrogen-bond donors (Lipinski definition) is 1. The van der Waals surface area contributed by atoms with E-state index in [9.17, 15) is 0 Å². The molecule has 118 valence electrons. The van der Waals surface area contributed by atoms with Gasteiger partial charge in [0, 0.05) is 22.3 Å².